The molecule has 2 heterocycles. The molecule has 3 atom stereocenters. The van der Waals surface area contributed by atoms with Crippen molar-refractivity contribution < 1.29 is 4.74 Å². The van der Waals surface area contributed by atoms with Crippen LogP contribution in [0.1, 0.15) is 31.7 Å². The fourth-order valence-electron chi connectivity index (χ4n) is 2.56. The van der Waals surface area contributed by atoms with Gasteiger partial charge in [0.2, 0.25) is 0 Å². The van der Waals surface area contributed by atoms with E-state index in [0.717, 1.165) is 32.3 Å². The SMILES string of the molecule is CCC1OCCC1C(N)CCc1ccsc1. The maximum atomic E-state index is 6.28. The van der Waals surface area contributed by atoms with Crippen LogP contribution in [0.3, 0.4) is 0 Å². The number of aryl methyl sites for hydroxylation is 1. The molecule has 1 saturated heterocycles. The van der Waals surface area contributed by atoms with Crippen molar-refractivity contribution >= 4 is 11.3 Å². The highest BCUT2D eigenvalue weighted by atomic mass is 32.1. The van der Waals surface area contributed by atoms with Crippen LogP contribution in [-0.2, 0) is 11.2 Å². The van der Waals surface area contributed by atoms with E-state index in [0.29, 0.717) is 18.1 Å². The van der Waals surface area contributed by atoms with Gasteiger partial charge in [0.15, 0.2) is 0 Å². The summed E-state index contributed by atoms with van der Waals surface area (Å²) in [6.07, 6.45) is 4.83. The minimum absolute atomic E-state index is 0.298. The van der Waals surface area contributed by atoms with E-state index >= 15 is 0 Å². The van der Waals surface area contributed by atoms with Crippen molar-refractivity contribution in [1.29, 1.82) is 0 Å². The lowest BCUT2D eigenvalue weighted by molar-refractivity contribution is 0.0806. The number of nitrogens with two attached hydrogens (primary N) is 1. The van der Waals surface area contributed by atoms with E-state index in [1.54, 1.807) is 11.3 Å². The fourth-order valence-corrected chi connectivity index (χ4v) is 3.26. The minimum atomic E-state index is 0.298. The third-order valence-electron chi connectivity index (χ3n) is 3.56. The molecule has 0 saturated carbocycles. The number of hydrogen-bond acceptors (Lipinski definition) is 3. The molecule has 0 bridgehead atoms. The standard InChI is InChI=1S/C13H21NOS/c1-2-13-11(5-7-15-13)12(14)4-3-10-6-8-16-9-10/h6,8-9,11-13H,2-5,7,14H2,1H3. The van der Waals surface area contributed by atoms with Crippen molar-refractivity contribution in [3.8, 4) is 0 Å². The number of thiophene rings is 1. The lowest BCUT2D eigenvalue weighted by Crippen LogP contribution is -2.35. The second-order valence-corrected chi connectivity index (χ2v) is 5.38. The number of ether oxygens (including phenoxy) is 1. The molecule has 3 heteroatoms. The van der Waals surface area contributed by atoms with Crippen molar-refractivity contribution in [1.82, 2.24) is 0 Å². The van der Waals surface area contributed by atoms with Crippen molar-refractivity contribution in [3.63, 3.8) is 0 Å². The quantitative estimate of drug-likeness (QED) is 0.857. The fraction of sp³-hybridized carbons (Fsp3) is 0.692. The smallest absolute Gasteiger partial charge is 0.0616 e. The van der Waals surface area contributed by atoms with Gasteiger partial charge in [0, 0.05) is 18.6 Å². The van der Waals surface area contributed by atoms with Gasteiger partial charge in [0.25, 0.3) is 0 Å². The van der Waals surface area contributed by atoms with Crippen molar-refractivity contribution in [3.05, 3.63) is 22.4 Å². The average molecular weight is 239 g/mol. The van der Waals surface area contributed by atoms with Gasteiger partial charge in [-0.15, -0.1) is 0 Å². The maximum Gasteiger partial charge on any atom is 0.0616 e. The van der Waals surface area contributed by atoms with Crippen LogP contribution in [0.2, 0.25) is 0 Å². The summed E-state index contributed by atoms with van der Waals surface area (Å²) < 4.78 is 5.69. The second kappa shape index (κ2) is 5.80. The van der Waals surface area contributed by atoms with Crippen LogP contribution in [-0.4, -0.2) is 18.8 Å². The molecule has 16 heavy (non-hydrogen) atoms. The van der Waals surface area contributed by atoms with Gasteiger partial charge >= 0.3 is 0 Å². The molecule has 0 radical (unpaired) electrons. The number of hydrogen-bond donors (Lipinski definition) is 1. The highest BCUT2D eigenvalue weighted by Gasteiger charge is 2.31. The highest BCUT2D eigenvalue weighted by Crippen LogP contribution is 2.27. The molecule has 1 aliphatic heterocycles. The van der Waals surface area contributed by atoms with E-state index < -0.39 is 0 Å². The molecule has 90 valence electrons. The predicted molar refractivity (Wildman–Crippen MR) is 68.8 cm³/mol. The van der Waals surface area contributed by atoms with Crippen molar-refractivity contribution in [2.24, 2.45) is 11.7 Å². The molecule has 1 fully saturated rings. The van der Waals surface area contributed by atoms with Gasteiger partial charge in [0.1, 0.15) is 0 Å². The Balaban J connectivity index is 1.81. The summed E-state index contributed by atoms with van der Waals surface area (Å²) in [5, 5.41) is 4.35. The Morgan fingerprint density at radius 3 is 3.19 bits per heavy atom. The Morgan fingerprint density at radius 1 is 1.62 bits per heavy atom. The molecular formula is C13H21NOS. The summed E-state index contributed by atoms with van der Waals surface area (Å²) in [6, 6.07) is 2.49. The first kappa shape index (κ1) is 12.1. The van der Waals surface area contributed by atoms with Crippen LogP contribution in [0, 0.1) is 5.92 Å². The van der Waals surface area contributed by atoms with Crippen LogP contribution in [0.5, 0.6) is 0 Å². The summed E-state index contributed by atoms with van der Waals surface area (Å²) in [6.45, 7) is 3.09. The Labute approximate surface area is 102 Å². The minimum Gasteiger partial charge on any atom is -0.378 e. The van der Waals surface area contributed by atoms with E-state index in [1.807, 2.05) is 0 Å². The molecule has 1 aromatic heterocycles. The van der Waals surface area contributed by atoms with Crippen LogP contribution in [0.15, 0.2) is 16.8 Å². The lowest BCUT2D eigenvalue weighted by Gasteiger charge is -2.23. The molecule has 0 spiro atoms. The second-order valence-electron chi connectivity index (χ2n) is 4.60. The van der Waals surface area contributed by atoms with Gasteiger partial charge < -0.3 is 10.5 Å². The molecule has 0 amide bonds. The van der Waals surface area contributed by atoms with Gasteiger partial charge in [-0.05, 0) is 48.1 Å². The van der Waals surface area contributed by atoms with Gasteiger partial charge in [-0.2, -0.15) is 11.3 Å². The predicted octanol–water partition coefficient (Wildman–Crippen LogP) is 2.82. The van der Waals surface area contributed by atoms with E-state index in [-0.39, 0.29) is 0 Å². The molecule has 1 aliphatic rings. The van der Waals surface area contributed by atoms with Crippen LogP contribution >= 0.6 is 11.3 Å². The third kappa shape index (κ3) is 2.84. The zero-order valence-corrected chi connectivity index (χ0v) is 10.7. The van der Waals surface area contributed by atoms with Gasteiger partial charge in [-0.3, -0.25) is 0 Å². The molecule has 3 unspecified atom stereocenters. The monoisotopic (exact) mass is 239 g/mol. The lowest BCUT2D eigenvalue weighted by atomic mass is 9.88. The average Bonchev–Trinajstić information content (AvgIpc) is 2.96. The largest absolute Gasteiger partial charge is 0.378 e. The Hall–Kier alpha value is -0.380. The van der Waals surface area contributed by atoms with Crippen molar-refractivity contribution in [2.45, 2.75) is 44.8 Å². The third-order valence-corrected chi connectivity index (χ3v) is 4.29. The van der Waals surface area contributed by atoms with Gasteiger partial charge in [-0.25, -0.2) is 0 Å². The maximum absolute atomic E-state index is 6.28. The van der Waals surface area contributed by atoms with E-state index in [2.05, 4.69) is 23.8 Å². The first-order valence-corrected chi connectivity index (χ1v) is 7.13. The Bertz CT molecular complexity index is 299. The zero-order valence-electron chi connectivity index (χ0n) is 9.89. The summed E-state index contributed by atoms with van der Waals surface area (Å²) in [5.41, 5.74) is 7.71. The molecule has 2 N–H and O–H groups in total. The molecule has 0 aliphatic carbocycles. The Kier molecular flexibility index (Phi) is 4.38. The molecule has 2 rings (SSSR count). The molecular weight excluding hydrogens is 218 g/mol. The first-order chi connectivity index (χ1) is 7.81. The van der Waals surface area contributed by atoms with Crippen LogP contribution < -0.4 is 5.73 Å². The van der Waals surface area contributed by atoms with Crippen molar-refractivity contribution in [2.75, 3.05) is 6.61 Å². The zero-order chi connectivity index (χ0) is 11.4. The molecule has 1 aromatic rings. The van der Waals surface area contributed by atoms with E-state index in [1.165, 1.54) is 5.56 Å². The van der Waals surface area contributed by atoms with Gasteiger partial charge in [-0.1, -0.05) is 6.92 Å². The van der Waals surface area contributed by atoms with Crippen LogP contribution in [0.4, 0.5) is 0 Å². The summed E-state index contributed by atoms with van der Waals surface area (Å²) >= 11 is 1.76. The first-order valence-electron chi connectivity index (χ1n) is 6.19. The molecule has 2 nitrogen and oxygen atoms in total. The summed E-state index contributed by atoms with van der Waals surface area (Å²) in [5.74, 6) is 0.573. The Morgan fingerprint density at radius 2 is 2.50 bits per heavy atom. The number of rotatable bonds is 5. The van der Waals surface area contributed by atoms with E-state index in [4.69, 9.17) is 10.5 Å². The topological polar surface area (TPSA) is 35.2 Å². The normalized spacial score (nSPS) is 27.1. The molecule has 0 aromatic carbocycles. The van der Waals surface area contributed by atoms with Gasteiger partial charge in [0.05, 0.1) is 6.10 Å². The van der Waals surface area contributed by atoms with E-state index in [9.17, 15) is 0 Å². The van der Waals surface area contributed by atoms with Crippen LogP contribution in [0.25, 0.3) is 0 Å². The highest BCUT2D eigenvalue weighted by molar-refractivity contribution is 7.07. The summed E-state index contributed by atoms with van der Waals surface area (Å²) in [4.78, 5) is 0. The summed E-state index contributed by atoms with van der Waals surface area (Å²) in [7, 11) is 0.